The fourth-order valence-electron chi connectivity index (χ4n) is 2.34. The van der Waals surface area contributed by atoms with Crippen molar-refractivity contribution in [3.8, 4) is 0 Å². The average molecular weight is 277 g/mol. The molecule has 0 aromatic rings. The second-order valence-corrected chi connectivity index (χ2v) is 5.53. The van der Waals surface area contributed by atoms with Crippen molar-refractivity contribution in [1.82, 2.24) is 0 Å². The van der Waals surface area contributed by atoms with E-state index in [0.29, 0.717) is 6.42 Å². The van der Waals surface area contributed by atoms with Gasteiger partial charge in [0.2, 0.25) is 0 Å². The van der Waals surface area contributed by atoms with E-state index in [1.165, 1.54) is 77.0 Å². The van der Waals surface area contributed by atoms with E-state index < -0.39 is 0 Å². The first-order valence-corrected chi connectivity index (χ1v) is 8.12. The van der Waals surface area contributed by atoms with Crippen LogP contribution in [0.25, 0.3) is 0 Å². The number of rotatable bonds is 14. The van der Waals surface area contributed by atoms with E-state index >= 15 is 0 Å². The zero-order valence-corrected chi connectivity index (χ0v) is 12.5. The topological polar surface area (TPSA) is 17.1 Å². The van der Waals surface area contributed by atoms with Crippen molar-refractivity contribution in [2.75, 3.05) is 0 Å². The second kappa shape index (κ2) is 18.7. The van der Waals surface area contributed by atoms with Gasteiger partial charge in [0, 0.05) is 13.3 Å². The summed E-state index contributed by atoms with van der Waals surface area (Å²) in [6.45, 7) is 5.66. The van der Waals surface area contributed by atoms with Crippen LogP contribution in [0.5, 0.6) is 0 Å². The third-order valence-electron chi connectivity index (χ3n) is 3.56. The van der Waals surface area contributed by atoms with Crippen molar-refractivity contribution < 1.29 is 4.79 Å². The molecule has 0 fully saturated rings. The maximum atomic E-state index is 10.6. The number of carbonyl (C=O) groups is 1. The zero-order chi connectivity index (χ0) is 13.5. The molecule has 0 N–H and O–H groups in total. The third-order valence-corrected chi connectivity index (χ3v) is 3.56. The van der Waals surface area contributed by atoms with Gasteiger partial charge in [0.1, 0.15) is 5.78 Å². The van der Waals surface area contributed by atoms with Gasteiger partial charge in [-0.05, 0) is 6.42 Å². The summed E-state index contributed by atoms with van der Waals surface area (Å²) in [5.41, 5.74) is 0. The summed E-state index contributed by atoms with van der Waals surface area (Å²) in [6, 6.07) is 0. The van der Waals surface area contributed by atoms with E-state index in [2.05, 4.69) is 13.8 Å². The molecular formula is C17H34NaO. The number of carbonyl (C=O) groups excluding carboxylic acids is 1. The van der Waals surface area contributed by atoms with Gasteiger partial charge >= 0.3 is 29.6 Å². The van der Waals surface area contributed by atoms with Crippen molar-refractivity contribution in [2.45, 2.75) is 96.8 Å². The molecular weight excluding hydrogens is 243 g/mol. The Bertz CT molecular complexity index is 180. The van der Waals surface area contributed by atoms with Crippen LogP contribution >= 0.6 is 0 Å². The summed E-state index contributed by atoms with van der Waals surface area (Å²) in [4.78, 5) is 10.6. The standard InChI is InChI=1S/C17H33O.Na.H/c1-3-4-5-6-7-8-9-10-11-12-13-14-15-16-17(2)18;;/h2-16H2,1H3;;. The van der Waals surface area contributed by atoms with Crippen molar-refractivity contribution in [1.29, 1.82) is 0 Å². The van der Waals surface area contributed by atoms with Crippen LogP contribution in [0.2, 0.25) is 0 Å². The molecule has 19 heavy (non-hydrogen) atoms. The van der Waals surface area contributed by atoms with Gasteiger partial charge in [-0.3, -0.25) is 4.79 Å². The van der Waals surface area contributed by atoms with Gasteiger partial charge in [0.15, 0.2) is 0 Å². The molecule has 0 aliphatic rings. The molecule has 0 atom stereocenters. The number of Topliss-reactive ketones (excluding diaryl/α,β-unsaturated/α-hetero) is 1. The van der Waals surface area contributed by atoms with E-state index in [1.807, 2.05) is 0 Å². The monoisotopic (exact) mass is 277 g/mol. The number of unbranched alkanes of at least 4 members (excludes halogenated alkanes) is 12. The number of hydrogen-bond donors (Lipinski definition) is 0. The van der Waals surface area contributed by atoms with Gasteiger partial charge in [-0.15, -0.1) is 0 Å². The molecule has 1 nitrogen and oxygen atoms in total. The molecule has 0 aromatic heterocycles. The molecule has 1 radical (unpaired) electrons. The maximum absolute atomic E-state index is 10.6. The van der Waals surface area contributed by atoms with Gasteiger partial charge in [0.05, 0.1) is 0 Å². The zero-order valence-electron chi connectivity index (χ0n) is 12.5. The number of ketones is 1. The predicted molar refractivity (Wildman–Crippen MR) is 87.8 cm³/mol. The van der Waals surface area contributed by atoms with E-state index in [1.54, 1.807) is 0 Å². The van der Waals surface area contributed by atoms with Crippen molar-refractivity contribution >= 4 is 35.3 Å². The van der Waals surface area contributed by atoms with Gasteiger partial charge in [-0.2, -0.15) is 0 Å². The molecule has 0 aromatic carbocycles. The molecule has 0 unspecified atom stereocenters. The van der Waals surface area contributed by atoms with Gasteiger partial charge in [-0.1, -0.05) is 84.0 Å². The Morgan fingerprint density at radius 2 is 1.00 bits per heavy atom. The predicted octanol–water partition coefficient (Wildman–Crippen LogP) is 5.22. The van der Waals surface area contributed by atoms with Crippen molar-refractivity contribution in [3.05, 3.63) is 6.92 Å². The molecule has 0 rings (SSSR count). The van der Waals surface area contributed by atoms with Gasteiger partial charge in [-0.25, -0.2) is 0 Å². The fourth-order valence-corrected chi connectivity index (χ4v) is 2.34. The Balaban J connectivity index is 0. The molecule has 2 heteroatoms. The van der Waals surface area contributed by atoms with Crippen LogP contribution < -0.4 is 0 Å². The molecule has 0 amide bonds. The summed E-state index contributed by atoms with van der Waals surface area (Å²) in [6.07, 6.45) is 18.3. The third kappa shape index (κ3) is 21.1. The van der Waals surface area contributed by atoms with Crippen molar-refractivity contribution in [3.63, 3.8) is 0 Å². The van der Waals surface area contributed by atoms with Crippen LogP contribution in [0.15, 0.2) is 0 Å². The Morgan fingerprint density at radius 1 is 0.684 bits per heavy atom. The normalized spacial score (nSPS) is 10.2. The molecule has 0 aliphatic carbocycles. The second-order valence-electron chi connectivity index (χ2n) is 5.53. The average Bonchev–Trinajstić information content (AvgIpc) is 2.34. The van der Waals surface area contributed by atoms with E-state index in [-0.39, 0.29) is 35.3 Å². The summed E-state index contributed by atoms with van der Waals surface area (Å²) in [5, 5.41) is 0. The number of hydrogen-bond acceptors (Lipinski definition) is 1. The van der Waals surface area contributed by atoms with E-state index in [0.717, 1.165) is 6.42 Å². The minimum absolute atomic E-state index is 0. The Kier molecular flexibility index (Phi) is 21.6. The molecule has 0 spiro atoms. The molecule has 0 saturated heterocycles. The first kappa shape index (κ1) is 22.0. The Hall–Kier alpha value is 0.670. The molecule has 109 valence electrons. The minimum atomic E-state index is 0. The fraction of sp³-hybridized carbons (Fsp3) is 0.882. The van der Waals surface area contributed by atoms with Crippen LogP contribution in [0.4, 0.5) is 0 Å². The van der Waals surface area contributed by atoms with Crippen LogP contribution in [-0.4, -0.2) is 35.3 Å². The molecule has 0 heterocycles. The SMILES string of the molecule is [CH2]C(=O)CCCCCCCCCCCCCCC.[NaH]. The van der Waals surface area contributed by atoms with Crippen LogP contribution in [0.1, 0.15) is 96.8 Å². The first-order chi connectivity index (χ1) is 8.77. The van der Waals surface area contributed by atoms with E-state index in [9.17, 15) is 4.79 Å². The van der Waals surface area contributed by atoms with Crippen LogP contribution in [0, 0.1) is 6.92 Å². The summed E-state index contributed by atoms with van der Waals surface area (Å²) in [5.74, 6) is 0.0954. The Labute approximate surface area is 143 Å². The summed E-state index contributed by atoms with van der Waals surface area (Å²) >= 11 is 0. The van der Waals surface area contributed by atoms with Crippen LogP contribution in [-0.2, 0) is 4.79 Å². The van der Waals surface area contributed by atoms with Crippen LogP contribution in [0.3, 0.4) is 0 Å². The van der Waals surface area contributed by atoms with Gasteiger partial charge < -0.3 is 0 Å². The van der Waals surface area contributed by atoms with Gasteiger partial charge in [0.25, 0.3) is 0 Å². The molecule has 0 saturated carbocycles. The summed E-state index contributed by atoms with van der Waals surface area (Å²) in [7, 11) is 0. The van der Waals surface area contributed by atoms with Crippen molar-refractivity contribution in [2.24, 2.45) is 0 Å². The molecule has 0 bridgehead atoms. The summed E-state index contributed by atoms with van der Waals surface area (Å²) < 4.78 is 0. The molecule has 0 aliphatic heterocycles. The van der Waals surface area contributed by atoms with E-state index in [4.69, 9.17) is 0 Å². The first-order valence-electron chi connectivity index (χ1n) is 8.12. The quantitative estimate of drug-likeness (QED) is 0.314. The Morgan fingerprint density at radius 3 is 1.32 bits per heavy atom.